The molecule has 1 saturated heterocycles. The minimum absolute atomic E-state index is 0.0871. The fourth-order valence-corrected chi connectivity index (χ4v) is 5.40. The van der Waals surface area contributed by atoms with Gasteiger partial charge in [-0.3, -0.25) is 19.1 Å². The van der Waals surface area contributed by atoms with E-state index in [9.17, 15) is 23.2 Å². The van der Waals surface area contributed by atoms with Gasteiger partial charge < -0.3 is 4.74 Å². The Morgan fingerprint density at radius 2 is 1.82 bits per heavy atom. The molecule has 7 nitrogen and oxygen atoms in total. The molecule has 2 fully saturated rings. The molecule has 2 aromatic rings. The summed E-state index contributed by atoms with van der Waals surface area (Å²) in [5, 5.41) is 0. The summed E-state index contributed by atoms with van der Waals surface area (Å²) in [5.74, 6) is -1.72. The molecular weight excluding hydrogens is 452 g/mol. The van der Waals surface area contributed by atoms with Gasteiger partial charge in [-0.2, -0.15) is 20.5 Å². The summed E-state index contributed by atoms with van der Waals surface area (Å²) in [6.45, 7) is -1.40. The number of ether oxygens (including phenoxy) is 1. The first-order valence-corrected chi connectivity index (χ1v) is 12.6. The number of benzene rings is 1. The van der Waals surface area contributed by atoms with Crippen LogP contribution in [0, 0.1) is 11.8 Å². The molecule has 0 bridgehead atoms. The molecule has 1 aliphatic carbocycles. The van der Waals surface area contributed by atoms with Gasteiger partial charge in [-0.15, -0.1) is 0 Å². The van der Waals surface area contributed by atoms with Gasteiger partial charge >= 0.3 is 12.5 Å². The van der Waals surface area contributed by atoms with Crippen LogP contribution >= 0.6 is 11.8 Å². The maximum atomic E-state index is 13.8. The van der Waals surface area contributed by atoms with Crippen LogP contribution in [-0.2, 0) is 19.1 Å². The Labute approximate surface area is 194 Å². The first kappa shape index (κ1) is 23.7. The summed E-state index contributed by atoms with van der Waals surface area (Å²) in [6, 6.07) is 5.38. The van der Waals surface area contributed by atoms with E-state index in [1.165, 1.54) is 24.8 Å². The van der Waals surface area contributed by atoms with Gasteiger partial charge in [0.15, 0.2) is 11.9 Å². The van der Waals surface area contributed by atoms with Crippen molar-refractivity contribution in [3.05, 3.63) is 30.1 Å². The monoisotopic (exact) mass is 479 g/mol. The third kappa shape index (κ3) is 4.37. The van der Waals surface area contributed by atoms with Crippen molar-refractivity contribution in [3.63, 3.8) is 0 Å². The highest BCUT2D eigenvalue weighted by atomic mass is 32.2. The lowest BCUT2D eigenvalue weighted by molar-refractivity contribution is -0.163. The summed E-state index contributed by atoms with van der Waals surface area (Å²) in [7, 11) is 0. The lowest BCUT2D eigenvalue weighted by atomic mass is 9.81. The van der Waals surface area contributed by atoms with Gasteiger partial charge in [0.1, 0.15) is 6.04 Å². The lowest BCUT2D eigenvalue weighted by Crippen LogP contribution is -2.47. The number of nitrogens with zero attached hydrogens (tertiary/aromatic N) is 3. The number of aromatic nitrogens is 2. The number of carbonyl (C=O) groups excluding carboxylic acids is 3. The van der Waals surface area contributed by atoms with Crippen molar-refractivity contribution < 1.29 is 27.9 Å². The minimum atomic E-state index is -2.87. The van der Waals surface area contributed by atoms with Gasteiger partial charge in [0.05, 0.1) is 22.9 Å². The normalized spacial score (nSPS) is 22.6. The number of hydrogen-bond acceptors (Lipinski definition) is 6. The highest BCUT2D eigenvalue weighted by Crippen LogP contribution is 2.40. The van der Waals surface area contributed by atoms with Crippen LogP contribution in [0.2, 0.25) is 0 Å². The number of likely N-dealkylation sites (tertiary alicyclic amines) is 1. The highest BCUT2D eigenvalue weighted by Gasteiger charge is 2.52. The zero-order chi connectivity index (χ0) is 23.7. The number of imidazole rings is 1. The van der Waals surface area contributed by atoms with Gasteiger partial charge in [-0.25, -0.2) is 9.78 Å². The Kier molecular flexibility index (Phi) is 7.02. The molecule has 0 spiro atoms. The minimum Gasteiger partial charge on any atom is -0.453 e. The fraction of sp³-hybridized carbons (Fsp3) is 0.565. The maximum Gasteiger partial charge on any atom is 0.330 e. The second-order valence-electron chi connectivity index (χ2n) is 8.53. The van der Waals surface area contributed by atoms with E-state index in [0.29, 0.717) is 24.1 Å². The average molecular weight is 480 g/mol. The van der Waals surface area contributed by atoms with Crippen molar-refractivity contribution in [2.75, 3.05) is 12.0 Å². The second-order valence-corrected chi connectivity index (χ2v) is 9.51. The van der Waals surface area contributed by atoms with Gasteiger partial charge in [0.25, 0.3) is 0 Å². The molecule has 1 aromatic carbocycles. The van der Waals surface area contributed by atoms with E-state index in [1.807, 2.05) is 6.26 Å². The summed E-state index contributed by atoms with van der Waals surface area (Å²) in [6.07, 6.45) is 4.07. The highest BCUT2D eigenvalue weighted by molar-refractivity contribution is 7.98. The van der Waals surface area contributed by atoms with Crippen molar-refractivity contribution >= 4 is 40.6 Å². The SMILES string of the molecule is CSCCC(C(=O)OC(C)c1nc2ccccc2n1C(F)F)N1C(=O)C2CCCCC2C1=O. The van der Waals surface area contributed by atoms with Crippen LogP contribution in [0.4, 0.5) is 8.78 Å². The molecule has 2 heterocycles. The molecule has 2 aliphatic rings. The molecule has 10 heteroatoms. The Balaban J connectivity index is 1.59. The smallest absolute Gasteiger partial charge is 0.330 e. The number of para-hydroxylation sites is 2. The molecule has 0 radical (unpaired) electrons. The standard InChI is InChI=1S/C23H27F2N3O4S/c1-13(19-26-16-9-5-6-10-17(16)27(19)23(24)25)32-22(31)18(11-12-33-2)28-20(29)14-7-3-4-8-15(14)21(28)30/h5-6,9-10,13-15,18,23H,3-4,7-8,11-12H2,1-2H3. The summed E-state index contributed by atoms with van der Waals surface area (Å²) >= 11 is 1.49. The molecule has 178 valence electrons. The Morgan fingerprint density at radius 3 is 2.42 bits per heavy atom. The number of carbonyl (C=O) groups is 3. The molecular formula is C23H27F2N3O4S. The number of alkyl halides is 2. The van der Waals surface area contributed by atoms with Gasteiger partial charge in [-0.1, -0.05) is 25.0 Å². The number of rotatable bonds is 8. The average Bonchev–Trinajstić information content (AvgIpc) is 3.31. The third-order valence-corrected chi connectivity index (χ3v) is 7.17. The molecule has 1 aliphatic heterocycles. The van der Waals surface area contributed by atoms with Crippen LogP contribution < -0.4 is 0 Å². The van der Waals surface area contributed by atoms with Crippen LogP contribution in [0.25, 0.3) is 11.0 Å². The first-order valence-electron chi connectivity index (χ1n) is 11.2. The van der Waals surface area contributed by atoms with Crippen molar-refractivity contribution in [1.29, 1.82) is 0 Å². The van der Waals surface area contributed by atoms with Crippen LogP contribution in [0.15, 0.2) is 24.3 Å². The van der Waals surface area contributed by atoms with Gasteiger partial charge in [0, 0.05) is 0 Å². The number of fused-ring (bicyclic) bond motifs is 2. The van der Waals surface area contributed by atoms with Crippen LogP contribution in [0.5, 0.6) is 0 Å². The Morgan fingerprint density at radius 1 is 1.18 bits per heavy atom. The van der Waals surface area contributed by atoms with Crippen LogP contribution in [0.3, 0.4) is 0 Å². The Bertz CT molecular complexity index is 1040. The Hall–Kier alpha value is -2.49. The van der Waals surface area contributed by atoms with E-state index >= 15 is 0 Å². The zero-order valence-corrected chi connectivity index (χ0v) is 19.4. The van der Waals surface area contributed by atoms with E-state index < -0.39 is 24.7 Å². The molecule has 1 aromatic heterocycles. The summed E-state index contributed by atoms with van der Waals surface area (Å²) < 4.78 is 33.9. The number of amides is 2. The van der Waals surface area contributed by atoms with E-state index in [-0.39, 0.29) is 41.4 Å². The van der Waals surface area contributed by atoms with Crippen molar-refractivity contribution in [2.24, 2.45) is 11.8 Å². The number of hydrogen-bond donors (Lipinski definition) is 0. The van der Waals surface area contributed by atoms with Gasteiger partial charge in [0.2, 0.25) is 11.8 Å². The molecule has 1 saturated carbocycles. The van der Waals surface area contributed by atoms with E-state index in [2.05, 4.69) is 4.98 Å². The molecule has 4 unspecified atom stereocenters. The topological polar surface area (TPSA) is 81.5 Å². The lowest BCUT2D eigenvalue weighted by Gasteiger charge is -2.26. The van der Waals surface area contributed by atoms with E-state index in [4.69, 9.17) is 4.74 Å². The molecule has 2 amide bonds. The first-order chi connectivity index (χ1) is 15.8. The zero-order valence-electron chi connectivity index (χ0n) is 18.6. The molecule has 0 N–H and O–H groups in total. The van der Waals surface area contributed by atoms with Crippen LogP contribution in [-0.4, -0.2) is 50.3 Å². The molecule has 4 atom stereocenters. The fourth-order valence-electron chi connectivity index (χ4n) is 4.94. The van der Waals surface area contributed by atoms with Gasteiger partial charge in [-0.05, 0) is 50.3 Å². The van der Waals surface area contributed by atoms with E-state index in [0.717, 1.165) is 22.3 Å². The quantitative estimate of drug-likeness (QED) is 0.414. The maximum absolute atomic E-state index is 13.8. The second kappa shape index (κ2) is 9.79. The van der Waals surface area contributed by atoms with Crippen molar-refractivity contribution in [1.82, 2.24) is 14.5 Å². The predicted octanol–water partition coefficient (Wildman–Crippen LogP) is 4.33. The largest absolute Gasteiger partial charge is 0.453 e. The molecule has 4 rings (SSSR count). The van der Waals surface area contributed by atoms with Crippen molar-refractivity contribution in [3.8, 4) is 0 Å². The molecule has 33 heavy (non-hydrogen) atoms. The van der Waals surface area contributed by atoms with Crippen molar-refractivity contribution in [2.45, 2.75) is 57.7 Å². The number of imide groups is 1. The summed E-state index contributed by atoms with van der Waals surface area (Å²) in [4.78, 5) is 44.6. The van der Waals surface area contributed by atoms with Crippen LogP contribution in [0.1, 0.15) is 57.5 Å². The van der Waals surface area contributed by atoms with E-state index in [1.54, 1.807) is 18.2 Å². The number of thioether (sulfide) groups is 1. The predicted molar refractivity (Wildman–Crippen MR) is 120 cm³/mol. The summed E-state index contributed by atoms with van der Waals surface area (Å²) in [5.41, 5.74) is 0.599. The third-order valence-electron chi connectivity index (χ3n) is 6.53. The number of halogens is 2. The number of esters is 1.